The molecule has 3 aromatic rings. The number of hydrogen-bond acceptors (Lipinski definition) is 5. The molecular formula is C21H17N3O4. The third kappa shape index (κ3) is 4.39. The second-order valence-electron chi connectivity index (χ2n) is 5.99. The van der Waals surface area contributed by atoms with Gasteiger partial charge in [0, 0.05) is 17.7 Å². The van der Waals surface area contributed by atoms with Gasteiger partial charge in [-0.3, -0.25) is 14.9 Å². The molecule has 3 aromatic carbocycles. The number of benzene rings is 3. The molecule has 0 spiro atoms. The summed E-state index contributed by atoms with van der Waals surface area (Å²) < 4.78 is 0. The van der Waals surface area contributed by atoms with Crippen molar-refractivity contribution in [2.45, 2.75) is 5.92 Å². The number of carbonyl (C=O) groups is 1. The van der Waals surface area contributed by atoms with E-state index in [1.165, 1.54) is 24.4 Å². The number of nitro benzene ring substituents is 1. The van der Waals surface area contributed by atoms with E-state index in [9.17, 15) is 20.0 Å². The predicted molar refractivity (Wildman–Crippen MR) is 105 cm³/mol. The summed E-state index contributed by atoms with van der Waals surface area (Å²) in [5, 5.41) is 24.5. The first-order chi connectivity index (χ1) is 13.6. The molecule has 0 aromatic heterocycles. The van der Waals surface area contributed by atoms with Crippen molar-refractivity contribution < 1.29 is 14.8 Å². The smallest absolute Gasteiger partial charge is 0.270 e. The molecule has 140 valence electrons. The molecule has 0 bridgehead atoms. The predicted octanol–water partition coefficient (Wildman–Crippen LogP) is 3.58. The number of hydrogen-bond donors (Lipinski definition) is 2. The van der Waals surface area contributed by atoms with Gasteiger partial charge in [-0.2, -0.15) is 5.10 Å². The fourth-order valence-electron chi connectivity index (χ4n) is 2.78. The van der Waals surface area contributed by atoms with Crippen LogP contribution in [0, 0.1) is 10.1 Å². The standard InChI is InChI=1S/C21H17N3O4/c25-19-12-11-18(24(27)28)13-17(19)14-22-23-21(26)20(15-7-3-1-4-8-15)16-9-5-2-6-10-16/h1-14,20,25H,(H,23,26). The Morgan fingerprint density at radius 3 is 2.11 bits per heavy atom. The van der Waals surface area contributed by atoms with Gasteiger partial charge in [0.2, 0.25) is 0 Å². The lowest BCUT2D eigenvalue weighted by molar-refractivity contribution is -0.384. The molecule has 1 amide bonds. The number of non-ortho nitro benzene ring substituents is 1. The van der Waals surface area contributed by atoms with E-state index in [4.69, 9.17) is 0 Å². The maximum absolute atomic E-state index is 12.8. The third-order valence-electron chi connectivity index (χ3n) is 4.13. The molecule has 0 fully saturated rings. The van der Waals surface area contributed by atoms with E-state index in [0.29, 0.717) is 0 Å². The summed E-state index contributed by atoms with van der Waals surface area (Å²) in [6.45, 7) is 0. The lowest BCUT2D eigenvalue weighted by atomic mass is 9.91. The Kier molecular flexibility index (Phi) is 5.76. The molecule has 0 unspecified atom stereocenters. The average molecular weight is 375 g/mol. The van der Waals surface area contributed by atoms with Crippen LogP contribution in [0.15, 0.2) is 84.0 Å². The lowest BCUT2D eigenvalue weighted by Gasteiger charge is -2.16. The molecule has 7 nitrogen and oxygen atoms in total. The van der Waals surface area contributed by atoms with Crippen molar-refractivity contribution in [3.8, 4) is 5.75 Å². The van der Waals surface area contributed by atoms with Crippen LogP contribution in [0.2, 0.25) is 0 Å². The van der Waals surface area contributed by atoms with Gasteiger partial charge in [-0.25, -0.2) is 5.43 Å². The van der Waals surface area contributed by atoms with E-state index in [2.05, 4.69) is 10.5 Å². The lowest BCUT2D eigenvalue weighted by Crippen LogP contribution is -2.26. The van der Waals surface area contributed by atoms with Crippen LogP contribution in [0.1, 0.15) is 22.6 Å². The molecule has 0 aliphatic carbocycles. The Bertz CT molecular complexity index is 965. The number of phenols is 1. The minimum absolute atomic E-state index is 0.130. The highest BCUT2D eigenvalue weighted by atomic mass is 16.6. The topological polar surface area (TPSA) is 105 Å². The molecule has 7 heteroatoms. The molecule has 0 saturated heterocycles. The minimum atomic E-state index is -0.573. The summed E-state index contributed by atoms with van der Waals surface area (Å²) in [7, 11) is 0. The number of nitrogens with zero attached hydrogens (tertiary/aromatic N) is 2. The van der Waals surface area contributed by atoms with Crippen LogP contribution in [0.25, 0.3) is 0 Å². The highest BCUT2D eigenvalue weighted by molar-refractivity contribution is 5.89. The third-order valence-corrected chi connectivity index (χ3v) is 4.13. The molecule has 0 saturated carbocycles. The van der Waals surface area contributed by atoms with Gasteiger partial charge < -0.3 is 5.11 Å². The van der Waals surface area contributed by atoms with E-state index in [0.717, 1.165) is 11.1 Å². The van der Waals surface area contributed by atoms with Gasteiger partial charge in [0.25, 0.3) is 11.6 Å². The molecule has 2 N–H and O–H groups in total. The number of carbonyl (C=O) groups excluding carboxylic acids is 1. The highest BCUT2D eigenvalue weighted by Gasteiger charge is 2.22. The van der Waals surface area contributed by atoms with Crippen LogP contribution >= 0.6 is 0 Å². The van der Waals surface area contributed by atoms with Gasteiger partial charge in [0.15, 0.2) is 0 Å². The number of amides is 1. The first-order valence-corrected chi connectivity index (χ1v) is 8.46. The largest absolute Gasteiger partial charge is 0.507 e. The van der Waals surface area contributed by atoms with Crippen molar-refractivity contribution >= 4 is 17.8 Å². The summed E-state index contributed by atoms with van der Waals surface area (Å²) >= 11 is 0. The fraction of sp³-hybridized carbons (Fsp3) is 0.0476. The molecule has 0 heterocycles. The van der Waals surface area contributed by atoms with Crippen LogP contribution in [0.5, 0.6) is 5.75 Å². The van der Waals surface area contributed by atoms with E-state index >= 15 is 0 Å². The summed E-state index contributed by atoms with van der Waals surface area (Å²) in [6.07, 6.45) is 1.17. The normalized spacial score (nSPS) is 10.9. The van der Waals surface area contributed by atoms with Gasteiger partial charge in [0.1, 0.15) is 5.75 Å². The number of rotatable bonds is 6. The molecule has 28 heavy (non-hydrogen) atoms. The van der Waals surface area contributed by atoms with Gasteiger partial charge in [-0.15, -0.1) is 0 Å². The zero-order valence-electron chi connectivity index (χ0n) is 14.7. The molecule has 0 aliphatic heterocycles. The van der Waals surface area contributed by atoms with Crippen molar-refractivity contribution in [1.29, 1.82) is 0 Å². The van der Waals surface area contributed by atoms with Crippen LogP contribution in [-0.2, 0) is 4.79 Å². The monoisotopic (exact) mass is 375 g/mol. The maximum Gasteiger partial charge on any atom is 0.270 e. The van der Waals surface area contributed by atoms with E-state index in [1.54, 1.807) is 0 Å². The Hall–Kier alpha value is -4.00. The number of nitro groups is 1. The molecular weight excluding hydrogens is 358 g/mol. The van der Waals surface area contributed by atoms with Crippen molar-refractivity contribution in [3.05, 3.63) is 106 Å². The van der Waals surface area contributed by atoms with Crippen molar-refractivity contribution in [2.75, 3.05) is 0 Å². The van der Waals surface area contributed by atoms with Crippen LogP contribution < -0.4 is 5.43 Å². The quantitative estimate of drug-likeness (QED) is 0.390. The minimum Gasteiger partial charge on any atom is -0.507 e. The number of aromatic hydroxyl groups is 1. The molecule has 0 aliphatic rings. The van der Waals surface area contributed by atoms with Gasteiger partial charge in [-0.05, 0) is 17.2 Å². The maximum atomic E-state index is 12.8. The zero-order valence-corrected chi connectivity index (χ0v) is 14.7. The van der Waals surface area contributed by atoms with E-state index in [-0.39, 0.29) is 22.9 Å². The Labute approximate surface area is 161 Å². The Morgan fingerprint density at radius 2 is 1.57 bits per heavy atom. The fourth-order valence-corrected chi connectivity index (χ4v) is 2.78. The number of nitrogens with one attached hydrogen (secondary N) is 1. The van der Waals surface area contributed by atoms with Crippen molar-refractivity contribution in [2.24, 2.45) is 5.10 Å². The SMILES string of the molecule is O=C(NN=Cc1cc([N+](=O)[O-])ccc1O)C(c1ccccc1)c1ccccc1. The Balaban J connectivity index is 1.83. The van der Waals surface area contributed by atoms with E-state index in [1.807, 2.05) is 60.7 Å². The second-order valence-corrected chi connectivity index (χ2v) is 5.99. The number of phenolic OH excluding ortho intramolecular Hbond substituents is 1. The van der Waals surface area contributed by atoms with Crippen LogP contribution in [0.3, 0.4) is 0 Å². The highest BCUT2D eigenvalue weighted by Crippen LogP contribution is 2.25. The molecule has 0 atom stereocenters. The second kappa shape index (κ2) is 8.59. The molecule has 3 rings (SSSR count). The average Bonchev–Trinajstić information content (AvgIpc) is 2.71. The van der Waals surface area contributed by atoms with Gasteiger partial charge >= 0.3 is 0 Å². The number of hydrazone groups is 1. The van der Waals surface area contributed by atoms with Crippen LogP contribution in [0.4, 0.5) is 5.69 Å². The zero-order chi connectivity index (χ0) is 19.9. The Morgan fingerprint density at radius 1 is 1.00 bits per heavy atom. The molecule has 0 radical (unpaired) electrons. The summed E-state index contributed by atoms with van der Waals surface area (Å²) in [4.78, 5) is 23.1. The van der Waals surface area contributed by atoms with E-state index < -0.39 is 10.8 Å². The first-order valence-electron chi connectivity index (χ1n) is 8.46. The van der Waals surface area contributed by atoms with Crippen molar-refractivity contribution in [1.82, 2.24) is 5.43 Å². The van der Waals surface area contributed by atoms with Crippen molar-refractivity contribution in [3.63, 3.8) is 0 Å². The summed E-state index contributed by atoms with van der Waals surface area (Å²) in [5.74, 6) is -1.11. The van der Waals surface area contributed by atoms with Gasteiger partial charge in [0.05, 0.1) is 17.1 Å². The summed E-state index contributed by atoms with van der Waals surface area (Å²) in [6, 6.07) is 22.1. The van der Waals surface area contributed by atoms with Gasteiger partial charge in [-0.1, -0.05) is 60.7 Å². The van der Waals surface area contributed by atoms with Crippen LogP contribution in [-0.4, -0.2) is 22.2 Å². The first kappa shape index (κ1) is 18.8. The summed E-state index contributed by atoms with van der Waals surface area (Å²) in [5.41, 5.74) is 4.01.